The number of allylic oxidation sites excluding steroid dienone is 2. The van der Waals surface area contributed by atoms with Crippen LogP contribution in [0.15, 0.2) is 11.8 Å². The molecule has 2 atom stereocenters. The Bertz CT molecular complexity index is 928. The summed E-state index contributed by atoms with van der Waals surface area (Å²) in [5.41, 5.74) is -1.77. The molecule has 0 bridgehead atoms. The van der Waals surface area contributed by atoms with Gasteiger partial charge in [-0.1, -0.05) is 0 Å². The zero-order valence-corrected chi connectivity index (χ0v) is 17.1. The van der Waals surface area contributed by atoms with Crippen LogP contribution in [0.4, 0.5) is 0 Å². The van der Waals surface area contributed by atoms with E-state index in [4.69, 9.17) is 4.74 Å². The molecule has 1 heterocycles. The smallest absolute Gasteiger partial charge is 0.507 e. The molecule has 0 aromatic heterocycles. The number of aromatic hydroxyl groups is 2. The van der Waals surface area contributed by atoms with Crippen molar-refractivity contribution < 1.29 is 63.7 Å². The van der Waals surface area contributed by atoms with Gasteiger partial charge in [-0.15, -0.1) is 0 Å². The van der Waals surface area contributed by atoms with Crippen LogP contribution in [0.1, 0.15) is 42.3 Å². The Labute approximate surface area is 171 Å². The zero-order chi connectivity index (χ0) is 18.8. The van der Waals surface area contributed by atoms with Crippen LogP contribution in [0.3, 0.4) is 0 Å². The first kappa shape index (κ1) is 20.4. The fourth-order valence-electron chi connectivity index (χ4n) is 3.49. The van der Waals surface area contributed by atoms with Crippen LogP contribution in [-0.2, 0) is 19.8 Å². The number of phenols is 2. The summed E-state index contributed by atoms with van der Waals surface area (Å²) in [4.78, 5) is 48.8. The Morgan fingerprint density at radius 1 is 1.15 bits per heavy atom. The molecule has 0 saturated carbocycles. The van der Waals surface area contributed by atoms with E-state index in [1.165, 1.54) is 20.8 Å². The second kappa shape index (κ2) is 6.33. The summed E-state index contributed by atoms with van der Waals surface area (Å²) in [6.45, 7) is 5.17. The third kappa shape index (κ3) is 2.38. The number of phenolic OH excluding ortho intramolecular Hbond substituents is 2. The topological polar surface area (TPSA) is 118 Å². The first-order valence-corrected chi connectivity index (χ1v) is 7.62. The van der Waals surface area contributed by atoms with E-state index in [1.54, 1.807) is 0 Å². The molecule has 0 radical (unpaired) electrons. The second-order valence-electron chi connectivity index (χ2n) is 6.50. The molecule has 2 aliphatic rings. The number of carbonyl (C=O) groups is 4. The summed E-state index contributed by atoms with van der Waals surface area (Å²) >= 11 is 0. The van der Waals surface area contributed by atoms with Gasteiger partial charge >= 0.3 is 29.6 Å². The van der Waals surface area contributed by atoms with Gasteiger partial charge in [-0.05, 0) is 27.7 Å². The Morgan fingerprint density at radius 2 is 1.73 bits per heavy atom. The number of rotatable bonds is 2. The minimum absolute atomic E-state index is 0. The maximum Gasteiger partial charge on any atom is 1.00 e. The van der Waals surface area contributed by atoms with Crippen molar-refractivity contribution >= 4 is 23.1 Å². The van der Waals surface area contributed by atoms with Crippen LogP contribution >= 0.6 is 0 Å². The van der Waals surface area contributed by atoms with Gasteiger partial charge in [-0.25, -0.2) is 0 Å². The molecule has 1 aliphatic carbocycles. The summed E-state index contributed by atoms with van der Waals surface area (Å²) in [5, 5.41) is 20.7. The van der Waals surface area contributed by atoms with Crippen molar-refractivity contribution in [1.82, 2.24) is 0 Å². The molecule has 1 aromatic rings. The molecule has 3 rings (SSSR count). The molecule has 2 unspecified atom stereocenters. The number of fused-ring (bicyclic) bond motifs is 3. The van der Waals surface area contributed by atoms with E-state index >= 15 is 0 Å². The standard InChI is InChI=1S/C18H16O7.Na/c1-6-14(22)12(8(3)20)16-13(15(6)23)18(4)10(25-16)5-9(21)11(7(2)19)17(18)24;/h5,11,22-23H,1-4H3;/q;+1. The summed E-state index contributed by atoms with van der Waals surface area (Å²) in [7, 11) is 0. The van der Waals surface area contributed by atoms with Crippen LogP contribution in [0, 0.1) is 12.8 Å². The number of Topliss-reactive ketones (excluding diaryl/α,β-unsaturated/α-hetero) is 3. The van der Waals surface area contributed by atoms with E-state index < -0.39 is 46.0 Å². The van der Waals surface area contributed by atoms with Crippen molar-refractivity contribution in [3.63, 3.8) is 0 Å². The minimum atomic E-state index is -1.59. The fourth-order valence-corrected chi connectivity index (χ4v) is 3.49. The largest absolute Gasteiger partial charge is 1.00 e. The van der Waals surface area contributed by atoms with Crippen LogP contribution in [0.25, 0.3) is 0 Å². The monoisotopic (exact) mass is 367 g/mol. The summed E-state index contributed by atoms with van der Waals surface area (Å²) < 4.78 is 5.56. The van der Waals surface area contributed by atoms with Crippen LogP contribution in [0.2, 0.25) is 0 Å². The van der Waals surface area contributed by atoms with Gasteiger partial charge in [-0.3, -0.25) is 19.2 Å². The number of carbonyl (C=O) groups excluding carboxylic acids is 4. The Kier molecular flexibility index (Phi) is 4.96. The van der Waals surface area contributed by atoms with Crippen molar-refractivity contribution in [2.24, 2.45) is 5.92 Å². The molecule has 7 nitrogen and oxygen atoms in total. The van der Waals surface area contributed by atoms with Gasteiger partial charge < -0.3 is 14.9 Å². The van der Waals surface area contributed by atoms with E-state index in [-0.39, 0.29) is 57.8 Å². The number of hydrogen-bond donors (Lipinski definition) is 2. The molecule has 8 heteroatoms. The molecule has 0 amide bonds. The van der Waals surface area contributed by atoms with Crippen molar-refractivity contribution in [3.8, 4) is 17.2 Å². The van der Waals surface area contributed by atoms with Crippen molar-refractivity contribution in [2.75, 3.05) is 0 Å². The summed E-state index contributed by atoms with van der Waals surface area (Å²) in [6.07, 6.45) is 1.04. The average molecular weight is 367 g/mol. The van der Waals surface area contributed by atoms with Crippen molar-refractivity contribution in [3.05, 3.63) is 28.5 Å². The first-order valence-electron chi connectivity index (χ1n) is 7.62. The number of ether oxygens (including phenoxy) is 1. The van der Waals surface area contributed by atoms with Gasteiger partial charge in [0.25, 0.3) is 0 Å². The van der Waals surface area contributed by atoms with Crippen molar-refractivity contribution in [1.29, 1.82) is 0 Å². The van der Waals surface area contributed by atoms with Crippen LogP contribution < -0.4 is 34.3 Å². The predicted molar refractivity (Wildman–Crippen MR) is 84.8 cm³/mol. The molecule has 0 fully saturated rings. The van der Waals surface area contributed by atoms with Gasteiger partial charge in [0.15, 0.2) is 17.3 Å². The third-order valence-corrected chi connectivity index (χ3v) is 4.91. The fraction of sp³-hybridized carbons (Fsp3) is 0.333. The van der Waals surface area contributed by atoms with E-state index in [9.17, 15) is 29.4 Å². The summed E-state index contributed by atoms with van der Waals surface area (Å²) in [5.74, 6) is -5.15. The van der Waals surface area contributed by atoms with Gasteiger partial charge in [0.2, 0.25) is 0 Å². The Balaban J connectivity index is 0.00000243. The Hall–Kier alpha value is -1.96. The van der Waals surface area contributed by atoms with E-state index in [0.29, 0.717) is 0 Å². The number of ketones is 4. The average Bonchev–Trinajstić information content (AvgIpc) is 2.78. The molecule has 1 aliphatic heterocycles. The SMILES string of the molecule is CC(=O)c1c(O)c(C)c(O)c2c1OC1=CC(=O)C(C(C)=O)C(=O)C12C.[Na+]. The van der Waals surface area contributed by atoms with Gasteiger partial charge in [0.1, 0.15) is 45.7 Å². The van der Waals surface area contributed by atoms with Gasteiger partial charge in [0.05, 0.1) is 5.56 Å². The first-order chi connectivity index (χ1) is 11.5. The molecule has 0 spiro atoms. The van der Waals surface area contributed by atoms with Crippen LogP contribution in [-0.4, -0.2) is 33.3 Å². The summed E-state index contributed by atoms with van der Waals surface area (Å²) in [6, 6.07) is 0. The van der Waals surface area contributed by atoms with Gasteiger partial charge in [0, 0.05) is 11.6 Å². The molecular weight excluding hydrogens is 351 g/mol. The zero-order valence-electron chi connectivity index (χ0n) is 15.1. The maximum atomic E-state index is 13.0. The number of hydrogen-bond acceptors (Lipinski definition) is 7. The molecule has 1 aromatic carbocycles. The van der Waals surface area contributed by atoms with E-state index in [1.807, 2.05) is 0 Å². The molecule has 0 saturated heterocycles. The van der Waals surface area contributed by atoms with Gasteiger partial charge in [-0.2, -0.15) is 0 Å². The molecule has 26 heavy (non-hydrogen) atoms. The normalized spacial score (nSPS) is 23.4. The molecule has 130 valence electrons. The molecular formula is C18H16NaO7+. The Morgan fingerprint density at radius 3 is 2.23 bits per heavy atom. The minimum Gasteiger partial charge on any atom is -0.507 e. The number of benzene rings is 1. The van der Waals surface area contributed by atoms with E-state index in [2.05, 4.69) is 0 Å². The van der Waals surface area contributed by atoms with E-state index in [0.717, 1.165) is 13.0 Å². The molecule has 2 N–H and O–H groups in total. The second-order valence-corrected chi connectivity index (χ2v) is 6.50. The van der Waals surface area contributed by atoms with Crippen LogP contribution in [0.5, 0.6) is 17.2 Å². The quantitative estimate of drug-likeness (QED) is 0.371. The van der Waals surface area contributed by atoms with Crippen molar-refractivity contribution in [2.45, 2.75) is 33.1 Å². The third-order valence-electron chi connectivity index (χ3n) is 4.91. The maximum absolute atomic E-state index is 13.0. The predicted octanol–water partition coefficient (Wildman–Crippen LogP) is -1.50.